The van der Waals surface area contributed by atoms with Crippen molar-refractivity contribution in [2.75, 3.05) is 5.32 Å². The lowest BCUT2D eigenvalue weighted by Crippen LogP contribution is -2.40. The molecule has 0 aliphatic carbocycles. The minimum atomic E-state index is -4.91. The van der Waals surface area contributed by atoms with Gasteiger partial charge in [0.1, 0.15) is 10.0 Å². The molecule has 1 aromatic carbocycles. The maximum absolute atomic E-state index is 13.1. The molecule has 0 saturated carbocycles. The normalized spacial score (nSPS) is 12.5. The summed E-state index contributed by atoms with van der Waals surface area (Å²) in [7, 11) is 0.878. The Kier molecular flexibility index (Phi) is 5.53. The van der Waals surface area contributed by atoms with E-state index in [0.717, 1.165) is 18.6 Å². The van der Waals surface area contributed by atoms with Crippen molar-refractivity contribution in [2.45, 2.75) is 12.4 Å². The average molecular weight is 528 g/mol. The van der Waals surface area contributed by atoms with Crippen LogP contribution in [0.5, 0.6) is 0 Å². The fourth-order valence-electron chi connectivity index (χ4n) is 2.92. The Labute approximate surface area is 191 Å². The highest BCUT2D eigenvalue weighted by Crippen LogP contribution is 2.40. The van der Waals surface area contributed by atoms with Crippen LogP contribution < -0.4 is 16.6 Å². The lowest BCUT2D eigenvalue weighted by atomic mass is 10.2. The molecule has 0 spiro atoms. The molecule has 33 heavy (non-hydrogen) atoms. The minimum absolute atomic E-state index is 0.0572. The molecule has 0 bridgehead atoms. The van der Waals surface area contributed by atoms with Crippen molar-refractivity contribution < 1.29 is 26.3 Å². The molecule has 0 unspecified atom stereocenters. The number of alkyl halides is 6. The highest BCUT2D eigenvalue weighted by Gasteiger charge is 2.37. The van der Waals surface area contributed by atoms with Gasteiger partial charge < -0.3 is 5.32 Å². The van der Waals surface area contributed by atoms with E-state index in [-0.39, 0.29) is 16.6 Å². The zero-order valence-electron chi connectivity index (χ0n) is 15.9. The second-order valence-corrected chi connectivity index (χ2v) is 8.92. The van der Waals surface area contributed by atoms with Crippen LogP contribution in [0, 0.1) is 0 Å². The number of fused-ring (bicyclic) bond motifs is 1. The molecule has 0 fully saturated rings. The van der Waals surface area contributed by atoms with Crippen LogP contribution in [0.25, 0.3) is 15.8 Å². The van der Waals surface area contributed by atoms with Crippen LogP contribution in [-0.4, -0.2) is 18.5 Å². The smallest absolute Gasteiger partial charge is 0.315 e. The van der Waals surface area contributed by atoms with Crippen LogP contribution in [0.1, 0.15) is 11.4 Å². The van der Waals surface area contributed by atoms with Gasteiger partial charge in [0, 0.05) is 18.5 Å². The van der Waals surface area contributed by atoms with E-state index in [1.165, 1.54) is 18.2 Å². The van der Waals surface area contributed by atoms with Crippen LogP contribution in [0.4, 0.5) is 37.3 Å². The number of benzene rings is 1. The Morgan fingerprint density at radius 1 is 1.06 bits per heavy atom. The number of nitrogens with one attached hydrogen (secondary N) is 1. The number of rotatable bonds is 3. The number of hydrogen-bond acceptors (Lipinski definition) is 7. The van der Waals surface area contributed by atoms with Gasteiger partial charge >= 0.3 is 18.0 Å². The monoisotopic (exact) mass is 527 g/mol. The highest BCUT2D eigenvalue weighted by molar-refractivity contribution is 7.19. The Bertz CT molecular complexity index is 1500. The lowest BCUT2D eigenvalue weighted by molar-refractivity contribution is -0.144. The zero-order valence-corrected chi connectivity index (χ0v) is 18.3. The molecular formula is C17H8ClF6N5O2S2. The van der Waals surface area contributed by atoms with Gasteiger partial charge in [-0.15, -0.1) is 0 Å². The first kappa shape index (κ1) is 23.3. The number of hydrogen-bond donors (Lipinski definition) is 1. The number of anilines is 2. The Balaban J connectivity index is 1.80. The number of thiazole rings is 1. The predicted molar refractivity (Wildman–Crippen MR) is 111 cm³/mol. The SMILES string of the molecule is Cn1c(C(F)(F)F)cc(=O)n(-c2ccc3snc(Nc4nc(C(F)(F)F)c(Cl)s4)c3c2)c1=O. The molecule has 0 saturated heterocycles. The van der Waals surface area contributed by atoms with Crippen LogP contribution in [0.2, 0.25) is 4.34 Å². The van der Waals surface area contributed by atoms with Crippen molar-refractivity contribution in [3.8, 4) is 5.69 Å². The molecule has 0 aliphatic rings. The van der Waals surface area contributed by atoms with Gasteiger partial charge in [-0.05, 0) is 29.7 Å². The van der Waals surface area contributed by atoms with Crippen molar-refractivity contribution >= 4 is 55.5 Å². The number of nitrogens with zero attached hydrogens (tertiary/aromatic N) is 4. The quantitative estimate of drug-likeness (QED) is 0.378. The fraction of sp³-hybridized carbons (Fsp3) is 0.176. The summed E-state index contributed by atoms with van der Waals surface area (Å²) in [4.78, 5) is 28.3. The topological polar surface area (TPSA) is 81.8 Å². The summed E-state index contributed by atoms with van der Waals surface area (Å²) in [5.41, 5.74) is -5.16. The van der Waals surface area contributed by atoms with Crippen molar-refractivity contribution in [1.29, 1.82) is 0 Å². The molecule has 1 N–H and O–H groups in total. The van der Waals surface area contributed by atoms with Crippen molar-refractivity contribution in [1.82, 2.24) is 18.5 Å². The summed E-state index contributed by atoms with van der Waals surface area (Å²) in [6.45, 7) is 0. The average Bonchev–Trinajstić information content (AvgIpc) is 3.27. The van der Waals surface area contributed by atoms with Crippen LogP contribution in [0.15, 0.2) is 33.9 Å². The van der Waals surface area contributed by atoms with Crippen molar-refractivity contribution in [2.24, 2.45) is 7.05 Å². The molecule has 4 aromatic rings. The Morgan fingerprint density at radius 3 is 2.36 bits per heavy atom. The summed E-state index contributed by atoms with van der Waals surface area (Å²) >= 11 is 7.10. The predicted octanol–water partition coefficient (Wildman–Crippen LogP) is 5.04. The molecular weight excluding hydrogens is 520 g/mol. The van der Waals surface area contributed by atoms with E-state index in [4.69, 9.17) is 11.6 Å². The number of aromatic nitrogens is 4. The first-order valence-corrected chi connectivity index (χ1v) is 10.5. The molecule has 16 heteroatoms. The van der Waals surface area contributed by atoms with E-state index in [1.807, 2.05) is 0 Å². The van der Waals surface area contributed by atoms with E-state index >= 15 is 0 Å². The van der Waals surface area contributed by atoms with E-state index in [9.17, 15) is 35.9 Å². The van der Waals surface area contributed by atoms with E-state index < -0.39 is 39.3 Å². The van der Waals surface area contributed by atoms with Gasteiger partial charge in [-0.25, -0.2) is 14.3 Å². The summed E-state index contributed by atoms with van der Waals surface area (Å²) < 4.78 is 82.9. The third-order valence-electron chi connectivity index (χ3n) is 4.40. The van der Waals surface area contributed by atoms with Gasteiger partial charge in [-0.2, -0.15) is 30.7 Å². The third kappa shape index (κ3) is 4.22. The lowest BCUT2D eigenvalue weighted by Gasteiger charge is -2.14. The summed E-state index contributed by atoms with van der Waals surface area (Å²) in [6, 6.07) is 4.40. The summed E-state index contributed by atoms with van der Waals surface area (Å²) in [5, 5.41) is 2.71. The van der Waals surface area contributed by atoms with E-state index in [0.29, 0.717) is 36.6 Å². The van der Waals surface area contributed by atoms with Gasteiger partial charge in [0.25, 0.3) is 5.56 Å². The summed E-state index contributed by atoms with van der Waals surface area (Å²) in [5.74, 6) is 0.0628. The first-order chi connectivity index (χ1) is 15.3. The van der Waals surface area contributed by atoms with Gasteiger partial charge in [-0.1, -0.05) is 22.9 Å². The highest BCUT2D eigenvalue weighted by atomic mass is 35.5. The standard InChI is InChI=1S/C17H8ClF6N5O2S2/c1-28-9(16(19,20)21)5-10(30)29(15(28)31)6-2-3-8-7(4-6)13(27-33-8)26-14-25-11(12(18)32-14)17(22,23)24/h2-5H,1H3,(H,25,26,27). The van der Waals surface area contributed by atoms with Crippen molar-refractivity contribution in [3.63, 3.8) is 0 Å². The maximum atomic E-state index is 13.1. The third-order valence-corrected chi connectivity index (χ3v) is 6.40. The van der Waals surface area contributed by atoms with Crippen LogP contribution >= 0.6 is 34.5 Å². The Hall–Kier alpha value is -2.91. The molecule has 0 atom stereocenters. The van der Waals surface area contributed by atoms with Crippen molar-refractivity contribution in [3.05, 3.63) is 60.8 Å². The van der Waals surface area contributed by atoms with Gasteiger partial charge in [0.15, 0.2) is 16.6 Å². The zero-order chi connectivity index (χ0) is 24.3. The largest absolute Gasteiger partial charge is 0.435 e. The van der Waals surface area contributed by atoms with Gasteiger partial charge in [0.2, 0.25) is 0 Å². The first-order valence-electron chi connectivity index (χ1n) is 8.58. The minimum Gasteiger partial charge on any atom is -0.315 e. The second-order valence-electron chi connectivity index (χ2n) is 6.52. The molecule has 3 heterocycles. The molecule has 174 valence electrons. The fourth-order valence-corrected chi connectivity index (χ4v) is 4.72. The molecule has 0 amide bonds. The van der Waals surface area contributed by atoms with E-state index in [2.05, 4.69) is 14.7 Å². The number of halogens is 7. The maximum Gasteiger partial charge on any atom is 0.435 e. The second kappa shape index (κ2) is 7.85. The summed E-state index contributed by atoms with van der Waals surface area (Å²) in [6.07, 6.45) is -9.66. The van der Waals surface area contributed by atoms with Gasteiger partial charge in [-0.3, -0.25) is 9.36 Å². The van der Waals surface area contributed by atoms with Crippen LogP contribution in [-0.2, 0) is 19.4 Å². The molecule has 0 radical (unpaired) electrons. The molecule has 3 aromatic heterocycles. The molecule has 0 aliphatic heterocycles. The Morgan fingerprint density at radius 2 is 1.76 bits per heavy atom. The molecule has 7 nitrogen and oxygen atoms in total. The van der Waals surface area contributed by atoms with Crippen LogP contribution in [0.3, 0.4) is 0 Å². The molecule has 4 rings (SSSR count). The van der Waals surface area contributed by atoms with Gasteiger partial charge in [0.05, 0.1) is 10.4 Å². The van der Waals surface area contributed by atoms with E-state index in [1.54, 1.807) is 0 Å².